The first-order valence-corrected chi connectivity index (χ1v) is 8.56. The van der Waals surface area contributed by atoms with Crippen molar-refractivity contribution in [2.24, 2.45) is 0 Å². The third kappa shape index (κ3) is 2.97. The number of nitrogens with one attached hydrogen (secondary N) is 1. The minimum Gasteiger partial charge on any atom is -0.507 e. The van der Waals surface area contributed by atoms with Crippen LogP contribution in [-0.4, -0.2) is 54.3 Å². The van der Waals surface area contributed by atoms with Gasteiger partial charge in [0.2, 0.25) is 0 Å². The molecule has 0 aromatic heterocycles. The monoisotopic (exact) mass is 326 g/mol. The van der Waals surface area contributed by atoms with Crippen molar-refractivity contribution in [1.29, 1.82) is 0 Å². The van der Waals surface area contributed by atoms with E-state index < -0.39 is 0 Å². The van der Waals surface area contributed by atoms with Gasteiger partial charge >= 0.3 is 0 Å². The molecule has 1 amide bonds. The van der Waals surface area contributed by atoms with E-state index in [9.17, 15) is 9.90 Å². The normalized spacial score (nSPS) is 24.0. The highest BCUT2D eigenvalue weighted by atomic mass is 16.5. The summed E-state index contributed by atoms with van der Waals surface area (Å²) < 4.78 is 5.86. The maximum Gasteiger partial charge on any atom is 0.255 e. The molecule has 0 saturated carbocycles. The van der Waals surface area contributed by atoms with Crippen LogP contribution in [0.4, 0.5) is 0 Å². The van der Waals surface area contributed by atoms with E-state index in [1.54, 1.807) is 12.1 Å². The summed E-state index contributed by atoms with van der Waals surface area (Å²) in [5.74, 6) is -0.249. The molecule has 5 heteroatoms. The Hall–Kier alpha value is -2.11. The summed E-state index contributed by atoms with van der Waals surface area (Å²) in [4.78, 5) is 14.9. The van der Waals surface area contributed by atoms with Crippen LogP contribution in [0.2, 0.25) is 0 Å². The second-order valence-electron chi connectivity index (χ2n) is 6.67. The molecule has 2 fully saturated rings. The number of nitrogens with zero attached hydrogens (tertiary/aromatic N) is 1. The SMILES string of the molecule is O=C(NCC1CN2CCCC2CO1)c1cc2ccccc2cc1O. The fraction of sp³-hybridized carbons (Fsp3) is 0.421. The highest BCUT2D eigenvalue weighted by Crippen LogP contribution is 2.25. The van der Waals surface area contributed by atoms with Crippen LogP contribution in [0, 0.1) is 0 Å². The van der Waals surface area contributed by atoms with Gasteiger partial charge in [0.05, 0.1) is 18.3 Å². The molecule has 2 aliphatic heterocycles. The number of benzene rings is 2. The number of aromatic hydroxyl groups is 1. The maximum absolute atomic E-state index is 12.4. The van der Waals surface area contributed by atoms with Gasteiger partial charge in [-0.2, -0.15) is 0 Å². The summed E-state index contributed by atoms with van der Waals surface area (Å²) in [6, 6.07) is 11.6. The summed E-state index contributed by atoms with van der Waals surface area (Å²) in [6.07, 6.45) is 2.47. The van der Waals surface area contributed by atoms with Crippen molar-refractivity contribution in [1.82, 2.24) is 10.2 Å². The third-order valence-electron chi connectivity index (χ3n) is 5.06. The Morgan fingerprint density at radius 3 is 2.92 bits per heavy atom. The quantitative estimate of drug-likeness (QED) is 0.907. The Morgan fingerprint density at radius 1 is 1.29 bits per heavy atom. The van der Waals surface area contributed by atoms with Gasteiger partial charge in [0.1, 0.15) is 5.75 Å². The molecule has 0 bridgehead atoms. The number of rotatable bonds is 3. The van der Waals surface area contributed by atoms with Crippen molar-refractivity contribution in [3.8, 4) is 5.75 Å². The Kier molecular flexibility index (Phi) is 4.12. The lowest BCUT2D eigenvalue weighted by atomic mass is 10.1. The topological polar surface area (TPSA) is 61.8 Å². The number of hydrogen-bond donors (Lipinski definition) is 2. The number of ether oxygens (including phenoxy) is 1. The molecule has 2 saturated heterocycles. The number of carbonyl (C=O) groups is 1. The van der Waals surface area contributed by atoms with Gasteiger partial charge in [0, 0.05) is 19.1 Å². The Bertz CT molecular complexity index is 761. The van der Waals surface area contributed by atoms with Crippen LogP contribution < -0.4 is 5.32 Å². The molecule has 126 valence electrons. The van der Waals surface area contributed by atoms with Crippen LogP contribution in [0.1, 0.15) is 23.2 Å². The zero-order chi connectivity index (χ0) is 16.5. The standard InChI is InChI=1S/C19H22N2O3/c22-18-9-14-5-2-1-4-13(14)8-17(18)19(23)20-10-16-11-21-7-3-6-15(21)12-24-16/h1-2,4-5,8-9,15-16,22H,3,6-7,10-12H2,(H,20,23). The van der Waals surface area contributed by atoms with Gasteiger partial charge in [-0.3, -0.25) is 9.69 Å². The summed E-state index contributed by atoms with van der Waals surface area (Å²) in [5.41, 5.74) is 0.309. The molecule has 5 nitrogen and oxygen atoms in total. The summed E-state index contributed by atoms with van der Waals surface area (Å²) in [6.45, 7) is 3.22. The van der Waals surface area contributed by atoms with Crippen molar-refractivity contribution in [2.75, 3.05) is 26.2 Å². The molecule has 2 aromatic rings. The zero-order valence-corrected chi connectivity index (χ0v) is 13.6. The van der Waals surface area contributed by atoms with Crippen molar-refractivity contribution in [3.63, 3.8) is 0 Å². The van der Waals surface area contributed by atoms with Gasteiger partial charge in [-0.05, 0) is 42.3 Å². The van der Waals surface area contributed by atoms with Gasteiger partial charge in [-0.1, -0.05) is 24.3 Å². The zero-order valence-electron chi connectivity index (χ0n) is 13.6. The average Bonchev–Trinajstić information content (AvgIpc) is 3.06. The molecule has 2 aliphatic rings. The predicted octanol–water partition coefficient (Wildman–Crippen LogP) is 2.14. The fourth-order valence-corrected chi connectivity index (χ4v) is 3.72. The van der Waals surface area contributed by atoms with Gasteiger partial charge in [0.25, 0.3) is 5.91 Å². The van der Waals surface area contributed by atoms with Crippen LogP contribution in [0.25, 0.3) is 10.8 Å². The summed E-state index contributed by atoms with van der Waals surface area (Å²) in [7, 11) is 0. The molecule has 2 aromatic carbocycles. The lowest BCUT2D eigenvalue weighted by molar-refractivity contribution is -0.0461. The Balaban J connectivity index is 1.42. The summed E-state index contributed by atoms with van der Waals surface area (Å²) >= 11 is 0. The van der Waals surface area contributed by atoms with E-state index in [-0.39, 0.29) is 17.8 Å². The van der Waals surface area contributed by atoms with Crippen LogP contribution in [0.3, 0.4) is 0 Å². The number of phenolic OH excluding ortho intramolecular Hbond substituents is 1. The van der Waals surface area contributed by atoms with Gasteiger partial charge in [0.15, 0.2) is 0 Å². The molecular formula is C19H22N2O3. The second kappa shape index (κ2) is 6.42. The number of morpholine rings is 1. The van der Waals surface area contributed by atoms with Crippen LogP contribution >= 0.6 is 0 Å². The Labute approximate surface area is 141 Å². The van der Waals surface area contributed by atoms with Crippen LogP contribution in [-0.2, 0) is 4.74 Å². The minimum atomic E-state index is -0.259. The second-order valence-corrected chi connectivity index (χ2v) is 6.67. The smallest absolute Gasteiger partial charge is 0.255 e. The average molecular weight is 326 g/mol. The molecular weight excluding hydrogens is 304 g/mol. The number of carbonyl (C=O) groups excluding carboxylic acids is 1. The first-order valence-electron chi connectivity index (χ1n) is 8.56. The van der Waals surface area contributed by atoms with Crippen LogP contribution in [0.5, 0.6) is 5.75 Å². The number of hydrogen-bond acceptors (Lipinski definition) is 4. The van der Waals surface area contributed by atoms with E-state index in [0.29, 0.717) is 18.2 Å². The van der Waals surface area contributed by atoms with Gasteiger partial charge in [-0.25, -0.2) is 0 Å². The molecule has 4 rings (SSSR count). The highest BCUT2D eigenvalue weighted by molar-refractivity contribution is 6.01. The van der Waals surface area contributed by atoms with E-state index in [1.807, 2.05) is 24.3 Å². The van der Waals surface area contributed by atoms with E-state index >= 15 is 0 Å². The molecule has 0 radical (unpaired) electrons. The first kappa shape index (κ1) is 15.4. The number of fused-ring (bicyclic) bond motifs is 2. The molecule has 2 unspecified atom stereocenters. The minimum absolute atomic E-state index is 0.00960. The fourth-order valence-electron chi connectivity index (χ4n) is 3.72. The Morgan fingerprint density at radius 2 is 2.08 bits per heavy atom. The predicted molar refractivity (Wildman–Crippen MR) is 92.3 cm³/mol. The number of phenols is 1. The molecule has 0 aliphatic carbocycles. The first-order chi connectivity index (χ1) is 11.7. The largest absolute Gasteiger partial charge is 0.507 e. The van der Waals surface area contributed by atoms with Crippen molar-refractivity contribution < 1.29 is 14.6 Å². The van der Waals surface area contributed by atoms with E-state index in [4.69, 9.17) is 4.74 Å². The lowest BCUT2D eigenvalue weighted by Gasteiger charge is -2.35. The van der Waals surface area contributed by atoms with Crippen LogP contribution in [0.15, 0.2) is 36.4 Å². The van der Waals surface area contributed by atoms with E-state index in [2.05, 4.69) is 10.2 Å². The van der Waals surface area contributed by atoms with Gasteiger partial charge in [-0.15, -0.1) is 0 Å². The summed E-state index contributed by atoms with van der Waals surface area (Å²) in [5, 5.41) is 14.9. The molecule has 2 heterocycles. The van der Waals surface area contributed by atoms with Crippen molar-refractivity contribution in [3.05, 3.63) is 42.0 Å². The lowest BCUT2D eigenvalue weighted by Crippen LogP contribution is -2.50. The van der Waals surface area contributed by atoms with Gasteiger partial charge < -0.3 is 15.2 Å². The van der Waals surface area contributed by atoms with E-state index in [1.165, 1.54) is 12.8 Å². The van der Waals surface area contributed by atoms with E-state index in [0.717, 1.165) is 30.5 Å². The molecule has 0 spiro atoms. The van der Waals surface area contributed by atoms with Crippen molar-refractivity contribution >= 4 is 16.7 Å². The maximum atomic E-state index is 12.4. The molecule has 2 N–H and O–H groups in total. The third-order valence-corrected chi connectivity index (χ3v) is 5.06. The molecule has 2 atom stereocenters. The number of amides is 1. The molecule has 24 heavy (non-hydrogen) atoms. The van der Waals surface area contributed by atoms with Crippen molar-refractivity contribution in [2.45, 2.75) is 25.0 Å². The highest BCUT2D eigenvalue weighted by Gasteiger charge is 2.32.